The number of ether oxygens (including phenoxy) is 1. The van der Waals surface area contributed by atoms with Gasteiger partial charge < -0.3 is 10.1 Å². The average Bonchev–Trinajstić information content (AvgIpc) is 2.69. The number of carbonyl (C=O) groups excluding carboxylic acids is 2. The van der Waals surface area contributed by atoms with E-state index in [1.165, 1.54) is 28.9 Å². The fourth-order valence-electron chi connectivity index (χ4n) is 3.65. The lowest BCUT2D eigenvalue weighted by atomic mass is 9.81. The van der Waals surface area contributed by atoms with Crippen LogP contribution in [0.4, 0.5) is 4.39 Å². The summed E-state index contributed by atoms with van der Waals surface area (Å²) in [5.74, 6) is -1.81. The SMILES string of the molecule is CCOC(=O)C1(NC(=O)c2nn(-c3ccccc3F)c(C)cc2=O)CCCCC1. The van der Waals surface area contributed by atoms with Gasteiger partial charge in [-0.1, -0.05) is 31.4 Å². The third-order valence-electron chi connectivity index (χ3n) is 5.13. The molecule has 0 bridgehead atoms. The third-order valence-corrected chi connectivity index (χ3v) is 5.13. The largest absolute Gasteiger partial charge is 0.464 e. The normalized spacial score (nSPS) is 15.6. The topological polar surface area (TPSA) is 90.3 Å². The second kappa shape index (κ2) is 8.55. The van der Waals surface area contributed by atoms with Gasteiger partial charge in [0.25, 0.3) is 5.91 Å². The quantitative estimate of drug-likeness (QED) is 0.778. The first-order valence-corrected chi connectivity index (χ1v) is 9.73. The molecule has 0 unspecified atom stereocenters. The summed E-state index contributed by atoms with van der Waals surface area (Å²) in [6, 6.07) is 7.17. The van der Waals surface area contributed by atoms with E-state index in [-0.39, 0.29) is 12.3 Å². The fraction of sp³-hybridized carbons (Fsp3) is 0.429. The highest BCUT2D eigenvalue weighted by Gasteiger charge is 2.43. The zero-order valence-electron chi connectivity index (χ0n) is 16.5. The van der Waals surface area contributed by atoms with Crippen LogP contribution < -0.4 is 10.7 Å². The molecule has 3 rings (SSSR count). The average molecular weight is 401 g/mol. The van der Waals surface area contributed by atoms with Gasteiger partial charge in [-0.3, -0.25) is 9.59 Å². The first-order chi connectivity index (χ1) is 13.9. The minimum atomic E-state index is -1.17. The van der Waals surface area contributed by atoms with Crippen LogP contribution in [-0.2, 0) is 9.53 Å². The number of esters is 1. The second-order valence-corrected chi connectivity index (χ2v) is 7.18. The van der Waals surface area contributed by atoms with Crippen LogP contribution in [0.15, 0.2) is 35.1 Å². The molecule has 0 atom stereocenters. The molecule has 7 nitrogen and oxygen atoms in total. The molecule has 2 aromatic rings. The number of carbonyl (C=O) groups is 2. The van der Waals surface area contributed by atoms with Gasteiger partial charge in [-0.15, -0.1) is 0 Å². The van der Waals surface area contributed by atoms with Crippen LogP contribution in [0.2, 0.25) is 0 Å². The van der Waals surface area contributed by atoms with Crippen molar-refractivity contribution < 1.29 is 18.7 Å². The molecule has 0 spiro atoms. The van der Waals surface area contributed by atoms with Crippen LogP contribution in [-0.4, -0.2) is 33.8 Å². The molecule has 1 amide bonds. The summed E-state index contributed by atoms with van der Waals surface area (Å²) in [5.41, 5.74) is -1.66. The molecule has 1 fully saturated rings. The van der Waals surface area contributed by atoms with Gasteiger partial charge in [-0.25, -0.2) is 13.9 Å². The van der Waals surface area contributed by atoms with Crippen molar-refractivity contribution in [2.45, 2.75) is 51.5 Å². The maximum absolute atomic E-state index is 14.2. The summed E-state index contributed by atoms with van der Waals surface area (Å²) in [5, 5.41) is 6.81. The second-order valence-electron chi connectivity index (χ2n) is 7.18. The Kier molecular flexibility index (Phi) is 6.10. The predicted molar refractivity (Wildman–Crippen MR) is 104 cm³/mol. The van der Waals surface area contributed by atoms with E-state index >= 15 is 0 Å². The zero-order chi connectivity index (χ0) is 21.0. The Morgan fingerprint density at radius 1 is 1.24 bits per heavy atom. The standard InChI is InChI=1S/C21H24FN3O4/c1-3-29-20(28)21(11-7-4-8-12-21)23-19(27)18-17(26)13-14(2)25(24-18)16-10-6-5-9-15(16)22/h5-6,9-10,13H,3-4,7-8,11-12H2,1-2H3,(H,23,27). The number of benzene rings is 1. The summed E-state index contributed by atoms with van der Waals surface area (Å²) in [7, 11) is 0. The van der Waals surface area contributed by atoms with E-state index < -0.39 is 34.4 Å². The van der Waals surface area contributed by atoms with E-state index in [9.17, 15) is 18.8 Å². The number of aryl methyl sites for hydroxylation is 1. The molecular weight excluding hydrogens is 377 g/mol. The van der Waals surface area contributed by atoms with Crippen molar-refractivity contribution >= 4 is 11.9 Å². The van der Waals surface area contributed by atoms with E-state index in [1.807, 2.05) is 0 Å². The molecule has 1 saturated carbocycles. The summed E-state index contributed by atoms with van der Waals surface area (Å²) in [6.45, 7) is 3.49. The molecule has 1 N–H and O–H groups in total. The summed E-state index contributed by atoms with van der Waals surface area (Å²) in [4.78, 5) is 38.0. The number of para-hydroxylation sites is 1. The molecule has 154 valence electrons. The number of nitrogens with one attached hydrogen (secondary N) is 1. The molecule has 8 heteroatoms. The Balaban J connectivity index is 1.98. The van der Waals surface area contributed by atoms with Crippen molar-refractivity contribution in [2.75, 3.05) is 6.61 Å². The van der Waals surface area contributed by atoms with Crippen LogP contribution in [0, 0.1) is 12.7 Å². The predicted octanol–water partition coefficient (Wildman–Crippen LogP) is 2.68. The molecule has 29 heavy (non-hydrogen) atoms. The van der Waals surface area contributed by atoms with Crippen molar-refractivity contribution in [2.24, 2.45) is 0 Å². The Morgan fingerprint density at radius 2 is 1.93 bits per heavy atom. The summed E-state index contributed by atoms with van der Waals surface area (Å²) in [6.07, 6.45) is 3.36. The van der Waals surface area contributed by atoms with Gasteiger partial charge in [0.1, 0.15) is 17.0 Å². The van der Waals surface area contributed by atoms with Crippen LogP contribution in [0.25, 0.3) is 5.69 Å². The van der Waals surface area contributed by atoms with Crippen molar-refractivity contribution in [3.05, 3.63) is 57.8 Å². The van der Waals surface area contributed by atoms with Crippen LogP contribution >= 0.6 is 0 Å². The Morgan fingerprint density at radius 3 is 2.59 bits per heavy atom. The first kappa shape index (κ1) is 20.7. The Hall–Kier alpha value is -3.03. The molecule has 0 radical (unpaired) electrons. The highest BCUT2D eigenvalue weighted by atomic mass is 19.1. The number of rotatable bonds is 5. The molecule has 0 saturated heterocycles. The van der Waals surface area contributed by atoms with Crippen molar-refractivity contribution in [1.82, 2.24) is 15.1 Å². The summed E-state index contributed by atoms with van der Waals surface area (Å²) >= 11 is 0. The van der Waals surface area contributed by atoms with E-state index in [1.54, 1.807) is 19.9 Å². The van der Waals surface area contributed by atoms with Gasteiger partial charge in [0.05, 0.1) is 6.61 Å². The molecule has 1 heterocycles. The van der Waals surface area contributed by atoms with Crippen molar-refractivity contribution in [3.8, 4) is 5.69 Å². The van der Waals surface area contributed by atoms with E-state index in [0.29, 0.717) is 18.5 Å². The van der Waals surface area contributed by atoms with Crippen LogP contribution in [0.1, 0.15) is 55.2 Å². The zero-order valence-corrected chi connectivity index (χ0v) is 16.5. The lowest BCUT2D eigenvalue weighted by Crippen LogP contribution is -2.57. The number of halogens is 1. The van der Waals surface area contributed by atoms with E-state index in [2.05, 4.69) is 10.4 Å². The van der Waals surface area contributed by atoms with Crippen LogP contribution in [0.3, 0.4) is 0 Å². The lowest BCUT2D eigenvalue weighted by Gasteiger charge is -2.35. The molecule has 1 aromatic carbocycles. The van der Waals surface area contributed by atoms with Gasteiger partial charge >= 0.3 is 5.97 Å². The maximum Gasteiger partial charge on any atom is 0.331 e. The number of aromatic nitrogens is 2. The maximum atomic E-state index is 14.2. The van der Waals surface area contributed by atoms with Gasteiger partial charge in [0.15, 0.2) is 5.69 Å². The van der Waals surface area contributed by atoms with Crippen molar-refractivity contribution in [1.29, 1.82) is 0 Å². The molecule has 1 aromatic heterocycles. The molecule has 1 aliphatic rings. The Labute approximate surface area is 167 Å². The van der Waals surface area contributed by atoms with E-state index in [4.69, 9.17) is 4.74 Å². The number of amides is 1. The monoisotopic (exact) mass is 401 g/mol. The lowest BCUT2D eigenvalue weighted by molar-refractivity contribution is -0.152. The van der Waals surface area contributed by atoms with Crippen molar-refractivity contribution in [3.63, 3.8) is 0 Å². The van der Waals surface area contributed by atoms with Gasteiger partial charge in [-0.05, 0) is 38.8 Å². The fourth-order valence-corrected chi connectivity index (χ4v) is 3.65. The molecule has 1 aliphatic carbocycles. The minimum absolute atomic E-state index is 0.122. The minimum Gasteiger partial charge on any atom is -0.464 e. The highest BCUT2D eigenvalue weighted by Crippen LogP contribution is 2.29. The number of nitrogens with zero attached hydrogens (tertiary/aromatic N) is 2. The van der Waals surface area contributed by atoms with Gasteiger partial charge in [0, 0.05) is 11.8 Å². The number of hydrogen-bond donors (Lipinski definition) is 1. The van der Waals surface area contributed by atoms with E-state index in [0.717, 1.165) is 19.3 Å². The molecule has 0 aliphatic heterocycles. The van der Waals surface area contributed by atoms with Crippen LogP contribution in [0.5, 0.6) is 0 Å². The third kappa shape index (κ3) is 4.21. The van der Waals surface area contributed by atoms with Gasteiger partial charge in [-0.2, -0.15) is 5.10 Å². The van der Waals surface area contributed by atoms with Gasteiger partial charge in [0.2, 0.25) is 5.43 Å². The Bertz CT molecular complexity index is 980. The number of hydrogen-bond acceptors (Lipinski definition) is 5. The highest BCUT2D eigenvalue weighted by molar-refractivity contribution is 5.96. The summed E-state index contributed by atoms with van der Waals surface area (Å²) < 4.78 is 20.6. The smallest absolute Gasteiger partial charge is 0.331 e. The first-order valence-electron chi connectivity index (χ1n) is 9.73. The molecular formula is C21H24FN3O4.